The van der Waals surface area contributed by atoms with Gasteiger partial charge < -0.3 is 4.74 Å². The molecule has 140 valence electrons. The molecule has 0 fully saturated rings. The van der Waals surface area contributed by atoms with Gasteiger partial charge in [0.2, 0.25) is 0 Å². The number of hydrazone groups is 1. The summed E-state index contributed by atoms with van der Waals surface area (Å²) in [6, 6.07) is 19.6. The zero-order valence-electron chi connectivity index (χ0n) is 14.7. The van der Waals surface area contributed by atoms with Crippen LogP contribution < -0.4 is 10.2 Å². The number of hydrogen-bond donors (Lipinski definition) is 1. The maximum atomic E-state index is 11.9. The van der Waals surface area contributed by atoms with Crippen LogP contribution in [0.3, 0.4) is 0 Å². The van der Waals surface area contributed by atoms with E-state index in [1.54, 1.807) is 12.1 Å². The molecule has 3 rings (SSSR count). The first kappa shape index (κ1) is 18.7. The molecule has 0 aliphatic heterocycles. The molecule has 1 amide bonds. The van der Waals surface area contributed by atoms with Crippen molar-refractivity contribution < 1.29 is 14.5 Å². The largest absolute Gasteiger partial charge is 0.489 e. The standard InChI is InChI=1S/C20H16N4O4/c25-20(19-11-8-17(13-21-19)24(26)27)23-22-12-15-6-9-18(10-7-15)28-14-16-4-2-1-3-5-16/h1-13H,14H2,(H,23,25)/b22-12-. The fourth-order valence-electron chi connectivity index (χ4n) is 2.24. The number of hydrogen-bond acceptors (Lipinski definition) is 6. The van der Waals surface area contributed by atoms with E-state index >= 15 is 0 Å². The molecule has 2 aromatic carbocycles. The second-order valence-electron chi connectivity index (χ2n) is 5.70. The minimum atomic E-state index is -0.583. The van der Waals surface area contributed by atoms with Crippen LogP contribution in [0.25, 0.3) is 0 Å². The molecule has 0 saturated carbocycles. The molecule has 0 spiro atoms. The highest BCUT2D eigenvalue weighted by atomic mass is 16.6. The van der Waals surface area contributed by atoms with Crippen molar-refractivity contribution in [2.75, 3.05) is 0 Å². The van der Waals surface area contributed by atoms with Gasteiger partial charge in [-0.05, 0) is 41.5 Å². The maximum Gasteiger partial charge on any atom is 0.289 e. The van der Waals surface area contributed by atoms with Crippen LogP contribution in [0.15, 0.2) is 78.0 Å². The van der Waals surface area contributed by atoms with Crippen molar-refractivity contribution >= 4 is 17.8 Å². The highest BCUT2D eigenvalue weighted by Gasteiger charge is 2.10. The Morgan fingerprint density at radius 1 is 1.11 bits per heavy atom. The molecular formula is C20H16N4O4. The van der Waals surface area contributed by atoms with E-state index < -0.39 is 10.8 Å². The van der Waals surface area contributed by atoms with Gasteiger partial charge >= 0.3 is 0 Å². The molecule has 0 unspecified atom stereocenters. The molecule has 0 radical (unpaired) electrons. The van der Waals surface area contributed by atoms with E-state index in [9.17, 15) is 14.9 Å². The van der Waals surface area contributed by atoms with Crippen LogP contribution >= 0.6 is 0 Å². The van der Waals surface area contributed by atoms with Gasteiger partial charge in [0.05, 0.1) is 11.1 Å². The summed E-state index contributed by atoms with van der Waals surface area (Å²) in [5, 5.41) is 14.4. The average Bonchev–Trinajstić information content (AvgIpc) is 2.74. The molecule has 0 atom stereocenters. The number of benzene rings is 2. The van der Waals surface area contributed by atoms with Gasteiger partial charge in [-0.1, -0.05) is 30.3 Å². The van der Waals surface area contributed by atoms with E-state index in [4.69, 9.17) is 4.74 Å². The molecule has 0 aliphatic rings. The van der Waals surface area contributed by atoms with Gasteiger partial charge in [0.1, 0.15) is 24.2 Å². The monoisotopic (exact) mass is 376 g/mol. The summed E-state index contributed by atoms with van der Waals surface area (Å²) >= 11 is 0. The van der Waals surface area contributed by atoms with E-state index in [0.29, 0.717) is 6.61 Å². The smallest absolute Gasteiger partial charge is 0.289 e. The summed E-state index contributed by atoms with van der Waals surface area (Å²) in [5.74, 6) is 0.161. The fraction of sp³-hybridized carbons (Fsp3) is 0.0500. The first-order valence-electron chi connectivity index (χ1n) is 8.32. The number of amides is 1. The number of aromatic nitrogens is 1. The normalized spacial score (nSPS) is 10.6. The lowest BCUT2D eigenvalue weighted by molar-refractivity contribution is -0.385. The number of nitrogens with one attached hydrogen (secondary N) is 1. The number of carbonyl (C=O) groups is 1. The number of nitro groups is 1. The highest BCUT2D eigenvalue weighted by Crippen LogP contribution is 2.13. The third-order valence-corrected chi connectivity index (χ3v) is 3.70. The quantitative estimate of drug-likeness (QED) is 0.387. The fourth-order valence-corrected chi connectivity index (χ4v) is 2.24. The highest BCUT2D eigenvalue weighted by molar-refractivity contribution is 5.93. The third kappa shape index (κ3) is 5.21. The SMILES string of the molecule is O=C(N/N=C\c1ccc(OCc2ccccc2)cc1)c1ccc([N+](=O)[O-])cn1. The van der Waals surface area contributed by atoms with Gasteiger partial charge in [0.15, 0.2) is 0 Å². The minimum Gasteiger partial charge on any atom is -0.489 e. The Kier molecular flexibility index (Phi) is 6.04. The summed E-state index contributed by atoms with van der Waals surface area (Å²) in [7, 11) is 0. The Labute approximate surface area is 160 Å². The Bertz CT molecular complexity index is 971. The van der Waals surface area contributed by atoms with Gasteiger partial charge in [-0.15, -0.1) is 0 Å². The maximum absolute atomic E-state index is 11.9. The number of nitrogens with zero attached hydrogens (tertiary/aromatic N) is 3. The van der Waals surface area contributed by atoms with Crippen molar-refractivity contribution in [2.24, 2.45) is 5.10 Å². The third-order valence-electron chi connectivity index (χ3n) is 3.70. The van der Waals surface area contributed by atoms with Crippen LogP contribution in [0.4, 0.5) is 5.69 Å². The summed E-state index contributed by atoms with van der Waals surface area (Å²) in [6.45, 7) is 0.479. The molecule has 3 aromatic rings. The lowest BCUT2D eigenvalue weighted by Gasteiger charge is -2.06. The second-order valence-corrected chi connectivity index (χ2v) is 5.70. The van der Waals surface area contributed by atoms with E-state index in [1.807, 2.05) is 42.5 Å². The molecule has 8 heteroatoms. The van der Waals surface area contributed by atoms with E-state index in [-0.39, 0.29) is 11.4 Å². The lowest BCUT2D eigenvalue weighted by Crippen LogP contribution is -2.18. The molecule has 0 saturated heterocycles. The van der Waals surface area contributed by atoms with Gasteiger partial charge in [-0.2, -0.15) is 5.10 Å². The number of rotatable bonds is 7. The lowest BCUT2D eigenvalue weighted by atomic mass is 10.2. The Balaban J connectivity index is 1.51. The van der Waals surface area contributed by atoms with Crippen molar-refractivity contribution in [3.05, 3.63) is 99.9 Å². The van der Waals surface area contributed by atoms with Gasteiger partial charge in [-0.25, -0.2) is 10.4 Å². The van der Waals surface area contributed by atoms with E-state index in [2.05, 4.69) is 15.5 Å². The summed E-state index contributed by atoms with van der Waals surface area (Å²) < 4.78 is 5.70. The van der Waals surface area contributed by atoms with Crippen molar-refractivity contribution in [3.8, 4) is 5.75 Å². The number of pyridine rings is 1. The molecule has 1 N–H and O–H groups in total. The molecule has 1 heterocycles. The van der Waals surface area contributed by atoms with Crippen LogP contribution in [0.1, 0.15) is 21.6 Å². The summed E-state index contributed by atoms with van der Waals surface area (Å²) in [5.41, 5.74) is 4.02. The van der Waals surface area contributed by atoms with Crippen molar-refractivity contribution in [3.63, 3.8) is 0 Å². The Morgan fingerprint density at radius 3 is 2.50 bits per heavy atom. The molecule has 0 aliphatic carbocycles. The van der Waals surface area contributed by atoms with Gasteiger partial charge in [0, 0.05) is 6.07 Å². The van der Waals surface area contributed by atoms with Crippen LogP contribution in [-0.4, -0.2) is 22.0 Å². The summed E-state index contributed by atoms with van der Waals surface area (Å²) in [4.78, 5) is 25.6. The second kappa shape index (κ2) is 9.04. The zero-order valence-corrected chi connectivity index (χ0v) is 14.7. The molecule has 28 heavy (non-hydrogen) atoms. The van der Waals surface area contributed by atoms with Gasteiger partial charge in [-0.3, -0.25) is 14.9 Å². The molecule has 8 nitrogen and oxygen atoms in total. The van der Waals surface area contributed by atoms with Gasteiger partial charge in [0.25, 0.3) is 11.6 Å². The summed E-state index contributed by atoms with van der Waals surface area (Å²) in [6.07, 6.45) is 2.50. The number of carbonyl (C=O) groups excluding carboxylic acids is 1. The number of ether oxygens (including phenoxy) is 1. The first-order chi connectivity index (χ1) is 13.6. The van der Waals surface area contributed by atoms with Crippen LogP contribution in [0.5, 0.6) is 5.75 Å². The molecule has 1 aromatic heterocycles. The molecule has 0 bridgehead atoms. The van der Waals surface area contributed by atoms with E-state index in [0.717, 1.165) is 23.1 Å². The topological polar surface area (TPSA) is 107 Å². The Morgan fingerprint density at radius 2 is 1.86 bits per heavy atom. The first-order valence-corrected chi connectivity index (χ1v) is 8.32. The zero-order chi connectivity index (χ0) is 19.8. The Hall–Kier alpha value is -4.07. The average molecular weight is 376 g/mol. The van der Waals surface area contributed by atoms with E-state index in [1.165, 1.54) is 18.3 Å². The van der Waals surface area contributed by atoms with Crippen molar-refractivity contribution in [1.29, 1.82) is 0 Å². The van der Waals surface area contributed by atoms with Crippen molar-refractivity contribution in [2.45, 2.75) is 6.61 Å². The van der Waals surface area contributed by atoms with Crippen LogP contribution in [-0.2, 0) is 6.61 Å². The van der Waals surface area contributed by atoms with Crippen LogP contribution in [0, 0.1) is 10.1 Å². The molecular weight excluding hydrogens is 360 g/mol. The predicted octanol–water partition coefficient (Wildman–Crippen LogP) is 3.33. The van der Waals surface area contributed by atoms with Crippen molar-refractivity contribution in [1.82, 2.24) is 10.4 Å². The minimum absolute atomic E-state index is 0.0346. The predicted molar refractivity (Wildman–Crippen MR) is 103 cm³/mol. The van der Waals surface area contributed by atoms with Crippen LogP contribution in [0.2, 0.25) is 0 Å².